The van der Waals surface area contributed by atoms with E-state index in [1.165, 1.54) is 0 Å². The highest BCUT2D eigenvalue weighted by Crippen LogP contribution is 1.97. The fourth-order valence-electron chi connectivity index (χ4n) is 1.12. The van der Waals surface area contributed by atoms with Crippen LogP contribution in [-0.2, 0) is 0 Å². The Bertz CT molecular complexity index is 91.5. The van der Waals surface area contributed by atoms with E-state index in [0.717, 1.165) is 6.54 Å². The van der Waals surface area contributed by atoms with Crippen LogP contribution in [0.3, 0.4) is 0 Å². The van der Waals surface area contributed by atoms with Crippen LogP contribution in [0.15, 0.2) is 0 Å². The lowest BCUT2D eigenvalue weighted by Crippen LogP contribution is -2.47. The van der Waals surface area contributed by atoms with Gasteiger partial charge in [0, 0.05) is 6.54 Å². The van der Waals surface area contributed by atoms with Crippen molar-refractivity contribution in [1.29, 1.82) is 0 Å². The summed E-state index contributed by atoms with van der Waals surface area (Å²) in [6.45, 7) is 1.07. The highest BCUT2D eigenvalue weighted by molar-refractivity contribution is 4.65. The Kier molecular flexibility index (Phi) is 4.65. The van der Waals surface area contributed by atoms with E-state index in [0.29, 0.717) is 6.17 Å². The van der Waals surface area contributed by atoms with Crippen LogP contribution < -0.4 is 0 Å². The number of hydrogen-bond donors (Lipinski definition) is 0. The summed E-state index contributed by atoms with van der Waals surface area (Å²) in [5.41, 5.74) is 0. The van der Waals surface area contributed by atoms with Gasteiger partial charge in [-0.15, -0.1) is 0 Å². The largest absolute Gasteiger partial charge is 0.307 e. The summed E-state index contributed by atoms with van der Waals surface area (Å²) in [7, 11) is 12.6. The highest BCUT2D eigenvalue weighted by Gasteiger charge is 2.13. The van der Waals surface area contributed by atoms with Crippen molar-refractivity contribution in [3.05, 3.63) is 0 Å². The molecule has 3 heteroatoms. The molecule has 0 amide bonds. The van der Waals surface area contributed by atoms with E-state index in [2.05, 4.69) is 57.0 Å². The monoisotopic (exact) mass is 159 g/mol. The van der Waals surface area contributed by atoms with Crippen LogP contribution in [0.2, 0.25) is 0 Å². The molecule has 11 heavy (non-hydrogen) atoms. The molecule has 0 saturated carbocycles. The van der Waals surface area contributed by atoms with Crippen LogP contribution in [0.25, 0.3) is 0 Å². The van der Waals surface area contributed by atoms with E-state index in [1.54, 1.807) is 0 Å². The van der Waals surface area contributed by atoms with Gasteiger partial charge in [-0.3, -0.25) is 9.80 Å². The minimum absolute atomic E-state index is 0.505. The average Bonchev–Trinajstić information content (AvgIpc) is 1.81. The van der Waals surface area contributed by atoms with Gasteiger partial charge >= 0.3 is 0 Å². The van der Waals surface area contributed by atoms with Gasteiger partial charge in [-0.25, -0.2) is 0 Å². The summed E-state index contributed by atoms with van der Waals surface area (Å²) in [5, 5.41) is 0. The summed E-state index contributed by atoms with van der Waals surface area (Å²) in [4.78, 5) is 6.64. The minimum atomic E-state index is 0.505. The molecule has 0 aromatic rings. The van der Waals surface area contributed by atoms with Crippen molar-refractivity contribution >= 4 is 0 Å². The fourth-order valence-corrected chi connectivity index (χ4v) is 1.12. The van der Waals surface area contributed by atoms with Crippen molar-refractivity contribution in [2.24, 2.45) is 0 Å². The zero-order valence-corrected chi connectivity index (χ0v) is 8.63. The molecule has 0 rings (SSSR count). The number of rotatable bonds is 4. The van der Waals surface area contributed by atoms with Gasteiger partial charge in [0.25, 0.3) is 0 Å². The summed E-state index contributed by atoms with van der Waals surface area (Å²) in [6, 6.07) is 0. The van der Waals surface area contributed by atoms with Gasteiger partial charge in [0.05, 0.1) is 6.17 Å². The first-order valence-corrected chi connectivity index (χ1v) is 3.92. The molecule has 0 atom stereocenters. The lowest BCUT2D eigenvalue weighted by Gasteiger charge is -2.32. The van der Waals surface area contributed by atoms with Crippen molar-refractivity contribution in [3.8, 4) is 0 Å². The number of hydrogen-bond acceptors (Lipinski definition) is 3. The Morgan fingerprint density at radius 3 is 1.27 bits per heavy atom. The molecule has 0 aliphatic rings. The molecule has 0 radical (unpaired) electrons. The van der Waals surface area contributed by atoms with Gasteiger partial charge in [-0.05, 0) is 42.3 Å². The third-order valence-electron chi connectivity index (χ3n) is 1.72. The van der Waals surface area contributed by atoms with Crippen LogP contribution in [0.4, 0.5) is 0 Å². The van der Waals surface area contributed by atoms with Gasteiger partial charge in [0.1, 0.15) is 0 Å². The standard InChI is InChI=1S/C8H21N3/c1-9(2)7-8(10(3)4)11(5)6/h8H,7H2,1-6H3. The van der Waals surface area contributed by atoms with Crippen LogP contribution in [0.1, 0.15) is 0 Å². The Morgan fingerprint density at radius 2 is 1.18 bits per heavy atom. The predicted octanol–water partition coefficient (Wildman–Crippen LogP) is -0.00270. The smallest absolute Gasteiger partial charge is 0.0743 e. The van der Waals surface area contributed by atoms with E-state index in [-0.39, 0.29) is 0 Å². The predicted molar refractivity (Wildman–Crippen MR) is 49.7 cm³/mol. The molecule has 0 bridgehead atoms. The third-order valence-corrected chi connectivity index (χ3v) is 1.72. The van der Waals surface area contributed by atoms with Crippen LogP contribution >= 0.6 is 0 Å². The van der Waals surface area contributed by atoms with Crippen molar-refractivity contribution in [3.63, 3.8) is 0 Å². The summed E-state index contributed by atoms with van der Waals surface area (Å²) >= 11 is 0. The molecule has 0 unspecified atom stereocenters. The Balaban J connectivity index is 3.90. The molecule has 0 heterocycles. The molecular formula is C8H21N3. The van der Waals surface area contributed by atoms with E-state index in [4.69, 9.17) is 0 Å². The summed E-state index contributed by atoms with van der Waals surface area (Å²) in [5.74, 6) is 0. The number of nitrogens with zero attached hydrogens (tertiary/aromatic N) is 3. The first kappa shape index (κ1) is 10.9. The van der Waals surface area contributed by atoms with Crippen LogP contribution in [-0.4, -0.2) is 69.7 Å². The van der Waals surface area contributed by atoms with Gasteiger partial charge in [0.15, 0.2) is 0 Å². The zero-order valence-electron chi connectivity index (χ0n) is 8.63. The molecule has 0 saturated heterocycles. The maximum atomic E-state index is 2.22. The number of likely N-dealkylation sites (N-methyl/N-ethyl adjacent to an activating group) is 3. The Morgan fingerprint density at radius 1 is 0.818 bits per heavy atom. The minimum Gasteiger partial charge on any atom is -0.307 e. The zero-order chi connectivity index (χ0) is 9.02. The van der Waals surface area contributed by atoms with Crippen LogP contribution in [0, 0.1) is 0 Å². The molecule has 0 aromatic heterocycles. The lowest BCUT2D eigenvalue weighted by atomic mass is 10.4. The van der Waals surface area contributed by atoms with Crippen molar-refractivity contribution in [1.82, 2.24) is 14.7 Å². The first-order chi connectivity index (χ1) is 4.95. The van der Waals surface area contributed by atoms with Gasteiger partial charge in [-0.2, -0.15) is 0 Å². The second-order valence-electron chi connectivity index (χ2n) is 3.67. The van der Waals surface area contributed by atoms with Crippen molar-refractivity contribution in [2.75, 3.05) is 48.8 Å². The van der Waals surface area contributed by atoms with Crippen LogP contribution in [0.5, 0.6) is 0 Å². The molecule has 0 aliphatic carbocycles. The molecule has 0 N–H and O–H groups in total. The normalized spacial score (nSPS) is 12.5. The van der Waals surface area contributed by atoms with E-state index in [9.17, 15) is 0 Å². The van der Waals surface area contributed by atoms with Crippen molar-refractivity contribution in [2.45, 2.75) is 6.17 Å². The SMILES string of the molecule is CN(C)CC(N(C)C)N(C)C. The summed E-state index contributed by atoms with van der Waals surface area (Å²) in [6.07, 6.45) is 0.505. The Hall–Kier alpha value is -0.120. The molecular weight excluding hydrogens is 138 g/mol. The van der Waals surface area contributed by atoms with E-state index in [1.807, 2.05) is 0 Å². The molecule has 0 aliphatic heterocycles. The first-order valence-electron chi connectivity index (χ1n) is 3.92. The molecule has 68 valence electrons. The van der Waals surface area contributed by atoms with Gasteiger partial charge < -0.3 is 4.90 Å². The quantitative estimate of drug-likeness (QED) is 0.535. The maximum Gasteiger partial charge on any atom is 0.0743 e. The topological polar surface area (TPSA) is 9.72 Å². The second-order valence-corrected chi connectivity index (χ2v) is 3.67. The van der Waals surface area contributed by atoms with Gasteiger partial charge in [-0.1, -0.05) is 0 Å². The third kappa shape index (κ3) is 4.35. The van der Waals surface area contributed by atoms with Gasteiger partial charge in [0.2, 0.25) is 0 Å². The molecule has 0 aromatic carbocycles. The average molecular weight is 159 g/mol. The van der Waals surface area contributed by atoms with Crippen molar-refractivity contribution < 1.29 is 0 Å². The second kappa shape index (κ2) is 4.70. The molecule has 0 fully saturated rings. The fraction of sp³-hybridized carbons (Fsp3) is 1.00. The lowest BCUT2D eigenvalue weighted by molar-refractivity contribution is 0.0990. The maximum absolute atomic E-state index is 2.22. The van der Waals surface area contributed by atoms with E-state index >= 15 is 0 Å². The molecule has 3 nitrogen and oxygen atoms in total. The Labute approximate surface area is 70.6 Å². The molecule has 0 spiro atoms. The highest BCUT2D eigenvalue weighted by atomic mass is 15.3. The summed E-state index contributed by atoms with van der Waals surface area (Å²) < 4.78 is 0. The van der Waals surface area contributed by atoms with E-state index < -0.39 is 0 Å².